The van der Waals surface area contributed by atoms with Crippen LogP contribution in [0, 0.1) is 13.8 Å². The van der Waals surface area contributed by atoms with E-state index in [2.05, 4.69) is 26.2 Å². The van der Waals surface area contributed by atoms with Crippen molar-refractivity contribution in [1.29, 1.82) is 0 Å². The third kappa shape index (κ3) is 3.54. The average molecular weight is 224 g/mol. The fourth-order valence-electron chi connectivity index (χ4n) is 1.71. The molecule has 2 heteroatoms. The lowest BCUT2D eigenvalue weighted by Crippen LogP contribution is -2.01. The fraction of sp³-hybridized carbons (Fsp3) is 0.538. The standard InChI is InChI=1S/C13H20OS/c1-10-6-4-7-12(11(10)2)13(14)8-5-9-15-3/h4,6-7,13-14H,5,8-9H2,1-3H3. The highest BCUT2D eigenvalue weighted by atomic mass is 32.2. The van der Waals surface area contributed by atoms with Gasteiger partial charge in [0.2, 0.25) is 0 Å². The summed E-state index contributed by atoms with van der Waals surface area (Å²) in [5, 5.41) is 10.0. The number of hydrogen-bond donors (Lipinski definition) is 1. The Morgan fingerprint density at radius 3 is 2.73 bits per heavy atom. The van der Waals surface area contributed by atoms with E-state index >= 15 is 0 Å². The molecule has 1 unspecified atom stereocenters. The molecule has 1 atom stereocenters. The molecule has 15 heavy (non-hydrogen) atoms. The van der Waals surface area contributed by atoms with Crippen LogP contribution >= 0.6 is 11.8 Å². The molecule has 1 N–H and O–H groups in total. The quantitative estimate of drug-likeness (QED) is 0.773. The van der Waals surface area contributed by atoms with Crippen LogP contribution in [0.4, 0.5) is 0 Å². The first kappa shape index (κ1) is 12.6. The highest BCUT2D eigenvalue weighted by Crippen LogP contribution is 2.24. The van der Waals surface area contributed by atoms with E-state index in [4.69, 9.17) is 0 Å². The smallest absolute Gasteiger partial charge is 0.0793 e. The van der Waals surface area contributed by atoms with E-state index in [0.29, 0.717) is 0 Å². The molecule has 0 aliphatic heterocycles. The van der Waals surface area contributed by atoms with Gasteiger partial charge < -0.3 is 5.11 Å². The summed E-state index contributed by atoms with van der Waals surface area (Å²) in [6.45, 7) is 4.18. The Bertz CT molecular complexity index is 309. The highest BCUT2D eigenvalue weighted by Gasteiger charge is 2.10. The minimum atomic E-state index is -0.294. The second kappa shape index (κ2) is 6.19. The molecule has 0 saturated heterocycles. The van der Waals surface area contributed by atoms with Crippen LogP contribution in [0.3, 0.4) is 0 Å². The maximum atomic E-state index is 10.0. The summed E-state index contributed by atoms with van der Waals surface area (Å²) in [5.74, 6) is 1.13. The molecule has 84 valence electrons. The SMILES string of the molecule is CSCCCC(O)c1cccc(C)c1C. The molecular weight excluding hydrogens is 204 g/mol. The third-order valence-corrected chi connectivity index (χ3v) is 3.53. The number of thioether (sulfide) groups is 1. The molecule has 1 rings (SSSR count). The van der Waals surface area contributed by atoms with Gasteiger partial charge in [-0.25, -0.2) is 0 Å². The van der Waals surface area contributed by atoms with Gasteiger partial charge in [0.1, 0.15) is 0 Å². The Morgan fingerprint density at radius 2 is 2.07 bits per heavy atom. The number of aliphatic hydroxyl groups is 1. The summed E-state index contributed by atoms with van der Waals surface area (Å²) in [6, 6.07) is 6.15. The van der Waals surface area contributed by atoms with Crippen LogP contribution in [0.15, 0.2) is 18.2 Å². The molecule has 1 nitrogen and oxygen atoms in total. The van der Waals surface area contributed by atoms with Gasteiger partial charge in [0.05, 0.1) is 6.10 Å². The van der Waals surface area contributed by atoms with Crippen molar-refractivity contribution in [2.24, 2.45) is 0 Å². The second-order valence-corrected chi connectivity index (χ2v) is 4.93. The van der Waals surface area contributed by atoms with E-state index in [0.717, 1.165) is 24.2 Å². The van der Waals surface area contributed by atoms with Gasteiger partial charge in [0.25, 0.3) is 0 Å². The van der Waals surface area contributed by atoms with E-state index in [1.807, 2.05) is 23.9 Å². The van der Waals surface area contributed by atoms with Gasteiger partial charge in [0, 0.05) is 0 Å². The number of aliphatic hydroxyl groups excluding tert-OH is 1. The molecule has 0 amide bonds. The van der Waals surface area contributed by atoms with Crippen molar-refractivity contribution in [3.8, 4) is 0 Å². The molecule has 0 spiro atoms. The monoisotopic (exact) mass is 224 g/mol. The maximum absolute atomic E-state index is 10.0. The van der Waals surface area contributed by atoms with Crippen LogP contribution in [0.1, 0.15) is 35.6 Å². The number of rotatable bonds is 5. The predicted octanol–water partition coefficient (Wildman–Crippen LogP) is 3.48. The van der Waals surface area contributed by atoms with Crippen LogP contribution < -0.4 is 0 Å². The van der Waals surface area contributed by atoms with Crippen molar-refractivity contribution >= 4 is 11.8 Å². The van der Waals surface area contributed by atoms with Gasteiger partial charge in [-0.1, -0.05) is 18.2 Å². The molecule has 0 aliphatic carbocycles. The topological polar surface area (TPSA) is 20.2 Å². The first-order chi connectivity index (χ1) is 7.16. The maximum Gasteiger partial charge on any atom is 0.0793 e. The summed E-state index contributed by atoms with van der Waals surface area (Å²) in [5.41, 5.74) is 3.58. The van der Waals surface area contributed by atoms with E-state index in [1.165, 1.54) is 11.1 Å². The summed E-state index contributed by atoms with van der Waals surface area (Å²) in [7, 11) is 0. The normalized spacial score (nSPS) is 12.8. The largest absolute Gasteiger partial charge is 0.388 e. The molecule has 0 aromatic heterocycles. The average Bonchev–Trinajstić information content (AvgIpc) is 2.22. The summed E-state index contributed by atoms with van der Waals surface area (Å²) in [6.07, 6.45) is 3.75. The van der Waals surface area contributed by atoms with Gasteiger partial charge in [-0.3, -0.25) is 0 Å². The molecular formula is C13H20OS. The molecule has 0 heterocycles. The minimum Gasteiger partial charge on any atom is -0.388 e. The van der Waals surface area contributed by atoms with E-state index < -0.39 is 0 Å². The Hall–Kier alpha value is -0.470. The molecule has 0 saturated carbocycles. The second-order valence-electron chi connectivity index (χ2n) is 3.94. The zero-order chi connectivity index (χ0) is 11.3. The Morgan fingerprint density at radius 1 is 1.33 bits per heavy atom. The lowest BCUT2D eigenvalue weighted by Gasteiger charge is -2.14. The number of aryl methyl sites for hydroxylation is 1. The van der Waals surface area contributed by atoms with E-state index in [-0.39, 0.29) is 6.10 Å². The first-order valence-corrected chi connectivity index (χ1v) is 6.79. The zero-order valence-corrected chi connectivity index (χ0v) is 10.6. The van der Waals surface area contributed by atoms with Crippen LogP contribution in [0.25, 0.3) is 0 Å². The van der Waals surface area contributed by atoms with Gasteiger partial charge in [-0.05, 0) is 55.4 Å². The van der Waals surface area contributed by atoms with Gasteiger partial charge >= 0.3 is 0 Å². The van der Waals surface area contributed by atoms with Gasteiger partial charge in [0.15, 0.2) is 0 Å². The van der Waals surface area contributed by atoms with Crippen molar-refractivity contribution in [3.63, 3.8) is 0 Å². The molecule has 0 radical (unpaired) electrons. The first-order valence-electron chi connectivity index (χ1n) is 5.40. The number of benzene rings is 1. The summed E-state index contributed by atoms with van der Waals surface area (Å²) in [4.78, 5) is 0. The third-order valence-electron chi connectivity index (χ3n) is 2.83. The minimum absolute atomic E-state index is 0.294. The summed E-state index contributed by atoms with van der Waals surface area (Å²) >= 11 is 1.84. The van der Waals surface area contributed by atoms with Gasteiger partial charge in [-0.15, -0.1) is 0 Å². The predicted molar refractivity (Wildman–Crippen MR) is 68.5 cm³/mol. The lowest BCUT2D eigenvalue weighted by atomic mass is 9.97. The Labute approximate surface area is 96.9 Å². The molecule has 0 aliphatic rings. The molecule has 0 fully saturated rings. The highest BCUT2D eigenvalue weighted by molar-refractivity contribution is 7.98. The van der Waals surface area contributed by atoms with Crippen molar-refractivity contribution < 1.29 is 5.11 Å². The zero-order valence-electron chi connectivity index (χ0n) is 9.79. The van der Waals surface area contributed by atoms with Crippen LogP contribution in [0.5, 0.6) is 0 Å². The van der Waals surface area contributed by atoms with Crippen molar-refractivity contribution in [2.75, 3.05) is 12.0 Å². The molecule has 1 aromatic rings. The van der Waals surface area contributed by atoms with Crippen LogP contribution in [-0.2, 0) is 0 Å². The molecule has 0 bridgehead atoms. The van der Waals surface area contributed by atoms with Crippen molar-refractivity contribution in [3.05, 3.63) is 34.9 Å². The van der Waals surface area contributed by atoms with E-state index in [1.54, 1.807) is 0 Å². The van der Waals surface area contributed by atoms with E-state index in [9.17, 15) is 5.11 Å². The number of hydrogen-bond acceptors (Lipinski definition) is 2. The summed E-state index contributed by atoms with van der Waals surface area (Å²) < 4.78 is 0. The fourth-order valence-corrected chi connectivity index (χ4v) is 2.17. The molecule has 1 aromatic carbocycles. The van der Waals surface area contributed by atoms with Gasteiger partial charge in [-0.2, -0.15) is 11.8 Å². The van der Waals surface area contributed by atoms with Crippen LogP contribution in [-0.4, -0.2) is 17.1 Å². The van der Waals surface area contributed by atoms with Crippen LogP contribution in [0.2, 0.25) is 0 Å². The Balaban J connectivity index is 2.65. The van der Waals surface area contributed by atoms with Crippen molar-refractivity contribution in [1.82, 2.24) is 0 Å². The Kier molecular flexibility index (Phi) is 5.20. The van der Waals surface area contributed by atoms with Crippen molar-refractivity contribution in [2.45, 2.75) is 32.8 Å². The lowest BCUT2D eigenvalue weighted by molar-refractivity contribution is 0.166.